The number of benzene rings is 1. The zero-order chi connectivity index (χ0) is 13.7. The highest BCUT2D eigenvalue weighted by atomic mass is 32.1. The van der Waals surface area contributed by atoms with E-state index in [0.717, 1.165) is 11.8 Å². The number of thiophene rings is 1. The Kier molecular flexibility index (Phi) is 5.15. The first-order valence-corrected chi connectivity index (χ1v) is 8.11. The predicted octanol–water partition coefficient (Wildman–Crippen LogP) is 5.40. The number of carbonyl (C=O) groups excluding carboxylic acids is 1. The van der Waals surface area contributed by atoms with Gasteiger partial charge in [-0.05, 0) is 42.7 Å². The van der Waals surface area contributed by atoms with Gasteiger partial charge in [0.2, 0.25) is 0 Å². The van der Waals surface area contributed by atoms with Gasteiger partial charge in [0.1, 0.15) is 6.29 Å². The third kappa shape index (κ3) is 3.24. The fraction of sp³-hybridized carbons (Fsp3) is 0.471. The zero-order valence-corrected chi connectivity index (χ0v) is 12.7. The van der Waals surface area contributed by atoms with Crippen LogP contribution in [0.2, 0.25) is 0 Å². The Bertz CT molecular complexity index is 554. The molecule has 0 saturated carbocycles. The molecular weight excluding hydrogens is 252 g/mol. The summed E-state index contributed by atoms with van der Waals surface area (Å²) in [6.45, 7) is 4.48. The van der Waals surface area contributed by atoms with Crippen molar-refractivity contribution in [1.29, 1.82) is 0 Å². The van der Waals surface area contributed by atoms with Crippen LogP contribution in [-0.2, 0) is 12.8 Å². The summed E-state index contributed by atoms with van der Waals surface area (Å²) in [4.78, 5) is 12.4. The van der Waals surface area contributed by atoms with Crippen molar-refractivity contribution in [3.8, 4) is 0 Å². The summed E-state index contributed by atoms with van der Waals surface area (Å²) < 4.78 is 1.28. The predicted molar refractivity (Wildman–Crippen MR) is 84.4 cm³/mol. The van der Waals surface area contributed by atoms with Crippen molar-refractivity contribution in [2.45, 2.75) is 52.4 Å². The van der Waals surface area contributed by atoms with Crippen LogP contribution in [0.5, 0.6) is 0 Å². The molecule has 1 heterocycles. The summed E-state index contributed by atoms with van der Waals surface area (Å²) in [6.07, 6.45) is 8.28. The van der Waals surface area contributed by atoms with Gasteiger partial charge in [0, 0.05) is 15.1 Å². The first kappa shape index (κ1) is 14.3. The summed E-state index contributed by atoms with van der Waals surface area (Å²) in [5.41, 5.74) is 2.32. The van der Waals surface area contributed by atoms with E-state index in [1.807, 2.05) is 23.5 Å². The molecule has 0 N–H and O–H groups in total. The molecule has 2 aromatic rings. The van der Waals surface area contributed by atoms with E-state index in [2.05, 4.69) is 19.9 Å². The van der Waals surface area contributed by atoms with Gasteiger partial charge in [-0.15, -0.1) is 11.3 Å². The van der Waals surface area contributed by atoms with Crippen molar-refractivity contribution in [2.75, 3.05) is 0 Å². The number of aldehydes is 1. The normalized spacial score (nSPS) is 11.1. The quantitative estimate of drug-likeness (QED) is 0.618. The summed E-state index contributed by atoms with van der Waals surface area (Å²) in [6, 6.07) is 6.12. The molecule has 1 aromatic heterocycles. The Hall–Kier alpha value is -1.15. The highest BCUT2D eigenvalue weighted by Gasteiger charge is 2.11. The molecule has 0 amide bonds. The second-order valence-corrected chi connectivity index (χ2v) is 6.22. The van der Waals surface area contributed by atoms with Gasteiger partial charge in [-0.1, -0.05) is 38.8 Å². The zero-order valence-electron chi connectivity index (χ0n) is 11.9. The maximum atomic E-state index is 10.9. The van der Waals surface area contributed by atoms with Crippen LogP contribution in [-0.4, -0.2) is 6.29 Å². The van der Waals surface area contributed by atoms with Crippen LogP contribution >= 0.6 is 11.3 Å². The third-order valence-electron chi connectivity index (χ3n) is 3.57. The lowest BCUT2D eigenvalue weighted by atomic mass is 10.0. The van der Waals surface area contributed by atoms with Gasteiger partial charge in [-0.2, -0.15) is 0 Å². The van der Waals surface area contributed by atoms with E-state index in [4.69, 9.17) is 0 Å². The van der Waals surface area contributed by atoms with Crippen molar-refractivity contribution in [3.05, 3.63) is 34.2 Å². The SMILES string of the molecule is CCCCc1sc2cc(C=O)ccc2c1CCCC. The Morgan fingerprint density at radius 3 is 2.53 bits per heavy atom. The van der Waals surface area contributed by atoms with Crippen molar-refractivity contribution < 1.29 is 4.79 Å². The molecule has 0 bridgehead atoms. The minimum Gasteiger partial charge on any atom is -0.298 e. The topological polar surface area (TPSA) is 17.1 Å². The third-order valence-corrected chi connectivity index (χ3v) is 4.83. The number of unbranched alkanes of at least 4 members (excludes halogenated alkanes) is 2. The average molecular weight is 274 g/mol. The molecule has 0 unspecified atom stereocenters. The molecule has 0 aliphatic carbocycles. The molecule has 0 saturated heterocycles. The maximum absolute atomic E-state index is 10.9. The van der Waals surface area contributed by atoms with Crippen molar-refractivity contribution in [2.24, 2.45) is 0 Å². The molecule has 0 radical (unpaired) electrons. The van der Waals surface area contributed by atoms with Crippen molar-refractivity contribution in [1.82, 2.24) is 0 Å². The second kappa shape index (κ2) is 6.85. The molecule has 2 rings (SSSR count). The fourth-order valence-corrected chi connectivity index (χ4v) is 3.80. The first-order valence-electron chi connectivity index (χ1n) is 7.29. The summed E-state index contributed by atoms with van der Waals surface area (Å²) >= 11 is 1.88. The lowest BCUT2D eigenvalue weighted by Crippen LogP contribution is -1.90. The molecule has 2 heteroatoms. The Labute approximate surface area is 119 Å². The smallest absolute Gasteiger partial charge is 0.150 e. The van der Waals surface area contributed by atoms with Gasteiger partial charge < -0.3 is 0 Å². The van der Waals surface area contributed by atoms with Gasteiger partial charge in [0.15, 0.2) is 0 Å². The molecule has 0 aliphatic rings. The van der Waals surface area contributed by atoms with Crippen LogP contribution < -0.4 is 0 Å². The second-order valence-electron chi connectivity index (χ2n) is 5.08. The maximum Gasteiger partial charge on any atom is 0.150 e. The molecule has 1 aromatic carbocycles. The minimum absolute atomic E-state index is 0.790. The number of hydrogen-bond acceptors (Lipinski definition) is 2. The van der Waals surface area contributed by atoms with Crippen molar-refractivity contribution in [3.63, 3.8) is 0 Å². The van der Waals surface area contributed by atoms with Crippen LogP contribution in [0, 0.1) is 0 Å². The lowest BCUT2D eigenvalue weighted by Gasteiger charge is -2.03. The fourth-order valence-electron chi connectivity index (χ4n) is 2.46. The first-order chi connectivity index (χ1) is 9.30. The van der Waals surface area contributed by atoms with E-state index in [9.17, 15) is 4.79 Å². The Morgan fingerprint density at radius 2 is 1.84 bits per heavy atom. The minimum atomic E-state index is 0.790. The number of hydrogen-bond donors (Lipinski definition) is 0. The van der Waals surface area contributed by atoms with Crippen LogP contribution in [0.1, 0.15) is 60.3 Å². The average Bonchev–Trinajstić information content (AvgIpc) is 2.79. The Balaban J connectivity index is 2.42. The van der Waals surface area contributed by atoms with Gasteiger partial charge in [0.25, 0.3) is 0 Å². The van der Waals surface area contributed by atoms with Crippen LogP contribution in [0.15, 0.2) is 18.2 Å². The lowest BCUT2D eigenvalue weighted by molar-refractivity contribution is 0.112. The summed E-state index contributed by atoms with van der Waals surface area (Å²) in [7, 11) is 0. The standard InChI is InChI=1S/C17H22OS/c1-3-5-7-14-15-10-9-13(12-18)11-17(15)19-16(14)8-6-4-2/h9-12H,3-8H2,1-2H3. The van der Waals surface area contributed by atoms with E-state index in [0.29, 0.717) is 0 Å². The molecule has 102 valence electrons. The van der Waals surface area contributed by atoms with E-state index >= 15 is 0 Å². The molecule has 0 spiro atoms. The van der Waals surface area contributed by atoms with Gasteiger partial charge in [0.05, 0.1) is 0 Å². The van der Waals surface area contributed by atoms with Crippen molar-refractivity contribution >= 4 is 27.7 Å². The van der Waals surface area contributed by atoms with Crippen LogP contribution in [0.25, 0.3) is 10.1 Å². The molecule has 19 heavy (non-hydrogen) atoms. The largest absolute Gasteiger partial charge is 0.298 e. The van der Waals surface area contributed by atoms with Gasteiger partial charge in [-0.25, -0.2) is 0 Å². The summed E-state index contributed by atoms with van der Waals surface area (Å²) in [5, 5.41) is 1.37. The molecule has 0 fully saturated rings. The highest BCUT2D eigenvalue weighted by Crippen LogP contribution is 2.34. The number of carbonyl (C=O) groups is 1. The Morgan fingerprint density at radius 1 is 1.11 bits per heavy atom. The molecule has 0 aliphatic heterocycles. The number of fused-ring (bicyclic) bond motifs is 1. The molecule has 1 nitrogen and oxygen atoms in total. The highest BCUT2D eigenvalue weighted by molar-refractivity contribution is 7.19. The number of rotatable bonds is 7. The van der Waals surface area contributed by atoms with E-state index in [-0.39, 0.29) is 0 Å². The van der Waals surface area contributed by atoms with Gasteiger partial charge in [-0.3, -0.25) is 4.79 Å². The molecular formula is C17H22OS. The van der Waals surface area contributed by atoms with Crippen LogP contribution in [0.4, 0.5) is 0 Å². The summed E-state index contributed by atoms with van der Waals surface area (Å²) in [5.74, 6) is 0. The molecule has 0 atom stereocenters. The number of aryl methyl sites for hydroxylation is 2. The van der Waals surface area contributed by atoms with E-state index < -0.39 is 0 Å². The van der Waals surface area contributed by atoms with E-state index in [1.54, 1.807) is 0 Å². The van der Waals surface area contributed by atoms with Crippen LogP contribution in [0.3, 0.4) is 0 Å². The van der Waals surface area contributed by atoms with Gasteiger partial charge >= 0.3 is 0 Å². The van der Waals surface area contributed by atoms with E-state index in [1.165, 1.54) is 59.1 Å². The monoisotopic (exact) mass is 274 g/mol.